The fourth-order valence-electron chi connectivity index (χ4n) is 0.953. The molecule has 0 N–H and O–H groups in total. The van der Waals surface area contributed by atoms with E-state index in [1.165, 1.54) is 18.2 Å². The summed E-state index contributed by atoms with van der Waals surface area (Å²) in [7, 11) is 0. The molecule has 6 heteroatoms. The molecule has 1 rings (SSSR count). The Morgan fingerprint density at radius 3 is 2.47 bits per heavy atom. The van der Waals surface area contributed by atoms with E-state index in [1.54, 1.807) is 6.07 Å². The van der Waals surface area contributed by atoms with Crippen LogP contribution in [-0.2, 0) is 4.79 Å². The minimum atomic E-state index is -1.39. The molecule has 0 bridgehead atoms. The number of aliphatic carboxylic acids is 1. The molecule has 1 aromatic rings. The fourth-order valence-corrected chi connectivity index (χ4v) is 0.953. The monoisotopic (exact) mass is 215 g/mol. The summed E-state index contributed by atoms with van der Waals surface area (Å²) in [4.78, 5) is 20.0. The van der Waals surface area contributed by atoms with Gasteiger partial charge in [-0.3, -0.25) is 10.1 Å². The molecule has 15 heavy (non-hydrogen) atoms. The molecule has 5 nitrogen and oxygen atoms in total. The first-order chi connectivity index (χ1) is 6.61. The van der Waals surface area contributed by atoms with E-state index in [9.17, 15) is 20.0 Å². The Morgan fingerprint density at radius 1 is 1.33 bits per heavy atom. The number of carboxylic acid groups (broad SMARTS) is 1. The third-order valence-electron chi connectivity index (χ3n) is 1.53. The quantitative estimate of drug-likeness (QED) is 0.239. The molecule has 0 saturated carbocycles. The van der Waals surface area contributed by atoms with Crippen molar-refractivity contribution in [2.24, 2.45) is 0 Å². The van der Waals surface area contributed by atoms with Gasteiger partial charge in [-0.25, -0.2) is 0 Å². The van der Waals surface area contributed by atoms with E-state index in [2.05, 4.69) is 0 Å². The molecule has 0 aliphatic heterocycles. The second-order valence-corrected chi connectivity index (χ2v) is 2.47. The van der Waals surface area contributed by atoms with Crippen molar-refractivity contribution in [2.75, 3.05) is 0 Å². The molecule has 72 valence electrons. The van der Waals surface area contributed by atoms with Gasteiger partial charge >= 0.3 is 29.6 Å². The number of benzene rings is 1. The summed E-state index contributed by atoms with van der Waals surface area (Å²) in [5, 5.41) is 20.6. The normalized spacial score (nSPS) is 9.60. The summed E-state index contributed by atoms with van der Waals surface area (Å²) >= 11 is 0. The first kappa shape index (κ1) is 13.8. The second kappa shape index (κ2) is 6.34. The minimum Gasteiger partial charge on any atom is -0.545 e. The predicted molar refractivity (Wildman–Crippen MR) is 47.1 cm³/mol. The number of rotatable bonds is 3. The van der Waals surface area contributed by atoms with Crippen LogP contribution >= 0.6 is 0 Å². The van der Waals surface area contributed by atoms with Crippen molar-refractivity contribution in [3.05, 3.63) is 46.0 Å². The molecule has 0 fully saturated rings. The molecule has 1 aromatic carbocycles. The summed E-state index contributed by atoms with van der Waals surface area (Å²) < 4.78 is 0. The third kappa shape index (κ3) is 4.24. The second-order valence-electron chi connectivity index (χ2n) is 2.47. The van der Waals surface area contributed by atoms with Gasteiger partial charge in [0, 0.05) is 6.07 Å². The summed E-state index contributed by atoms with van der Waals surface area (Å²) in [5.41, 5.74) is 0.103. The number of hydrogen-bond acceptors (Lipinski definition) is 4. The molecule has 0 saturated heterocycles. The topological polar surface area (TPSA) is 83.3 Å². The standard InChI is InChI=1S/C9H7NO4.Na/c11-9(12)6-5-7-3-1-2-4-8(7)10(13)14;/h1-6H,(H,11,12);/q;+1/p-1. The largest absolute Gasteiger partial charge is 1.00 e. The van der Waals surface area contributed by atoms with Crippen LogP contribution in [0.5, 0.6) is 0 Å². The van der Waals surface area contributed by atoms with Crippen LogP contribution in [0.1, 0.15) is 5.56 Å². The maximum absolute atomic E-state index is 10.5. The third-order valence-corrected chi connectivity index (χ3v) is 1.53. The van der Waals surface area contributed by atoms with Crippen LogP contribution in [0.3, 0.4) is 0 Å². The molecular weight excluding hydrogens is 209 g/mol. The van der Waals surface area contributed by atoms with E-state index in [1.807, 2.05) is 0 Å². The number of carboxylic acids is 1. The van der Waals surface area contributed by atoms with Gasteiger partial charge in [-0.2, -0.15) is 0 Å². The number of nitro benzene ring substituents is 1. The smallest absolute Gasteiger partial charge is 0.545 e. The minimum absolute atomic E-state index is 0. The zero-order valence-electron chi connectivity index (χ0n) is 8.04. The summed E-state index contributed by atoms with van der Waals surface area (Å²) in [6, 6.07) is 5.85. The van der Waals surface area contributed by atoms with Gasteiger partial charge in [0.25, 0.3) is 5.69 Å². The van der Waals surface area contributed by atoms with E-state index in [4.69, 9.17) is 0 Å². The Hall–Kier alpha value is -1.17. The van der Waals surface area contributed by atoms with Gasteiger partial charge in [-0.15, -0.1) is 0 Å². The number of carbonyl (C=O) groups excluding carboxylic acids is 1. The molecule has 0 spiro atoms. The van der Waals surface area contributed by atoms with E-state index in [0.717, 1.165) is 12.2 Å². The Labute approximate surface area is 108 Å². The van der Waals surface area contributed by atoms with E-state index in [-0.39, 0.29) is 40.8 Å². The van der Waals surface area contributed by atoms with E-state index < -0.39 is 10.9 Å². The van der Waals surface area contributed by atoms with E-state index in [0.29, 0.717) is 0 Å². The van der Waals surface area contributed by atoms with Gasteiger partial charge in [0.05, 0.1) is 16.5 Å². The number of nitrogens with zero attached hydrogens (tertiary/aromatic N) is 1. The number of nitro groups is 1. The van der Waals surface area contributed by atoms with Crippen molar-refractivity contribution in [3.63, 3.8) is 0 Å². The molecule has 0 unspecified atom stereocenters. The molecule has 0 aromatic heterocycles. The van der Waals surface area contributed by atoms with Crippen molar-refractivity contribution >= 4 is 17.7 Å². The average Bonchev–Trinajstić information content (AvgIpc) is 2.15. The first-order valence-corrected chi connectivity index (χ1v) is 3.74. The van der Waals surface area contributed by atoms with Crippen molar-refractivity contribution < 1.29 is 44.4 Å². The first-order valence-electron chi connectivity index (χ1n) is 3.74. The van der Waals surface area contributed by atoms with Crippen LogP contribution in [0, 0.1) is 10.1 Å². The van der Waals surface area contributed by atoms with Gasteiger partial charge in [0.1, 0.15) is 0 Å². The summed E-state index contributed by atoms with van der Waals surface area (Å²) in [6.07, 6.45) is 1.88. The molecule has 0 atom stereocenters. The predicted octanol–water partition coefficient (Wildman–Crippen LogP) is -2.64. The molecular formula is C9H6NNaO4. The van der Waals surface area contributed by atoms with Crippen LogP contribution < -0.4 is 34.7 Å². The fraction of sp³-hybridized carbons (Fsp3) is 0. The Kier molecular flexibility index (Phi) is 5.84. The van der Waals surface area contributed by atoms with Crippen LogP contribution in [0.4, 0.5) is 5.69 Å². The van der Waals surface area contributed by atoms with Crippen molar-refractivity contribution in [1.82, 2.24) is 0 Å². The van der Waals surface area contributed by atoms with E-state index >= 15 is 0 Å². The number of carbonyl (C=O) groups is 1. The Morgan fingerprint density at radius 2 is 1.93 bits per heavy atom. The SMILES string of the molecule is O=C([O-])C=Cc1ccccc1[N+](=O)[O-].[Na+]. The Bertz CT molecular complexity index is 403. The zero-order valence-corrected chi connectivity index (χ0v) is 10.0. The maximum atomic E-state index is 10.5. The van der Waals surface area contributed by atoms with Crippen LogP contribution in [0.15, 0.2) is 30.3 Å². The van der Waals surface area contributed by atoms with Gasteiger partial charge < -0.3 is 9.90 Å². The van der Waals surface area contributed by atoms with Crippen LogP contribution in [0.2, 0.25) is 0 Å². The summed E-state index contributed by atoms with van der Waals surface area (Å²) in [6.45, 7) is 0. The maximum Gasteiger partial charge on any atom is 1.00 e. The number of hydrogen-bond donors (Lipinski definition) is 0. The van der Waals surface area contributed by atoms with Crippen LogP contribution in [0.25, 0.3) is 6.08 Å². The van der Waals surface area contributed by atoms with Gasteiger partial charge in [0.15, 0.2) is 0 Å². The van der Waals surface area contributed by atoms with Crippen molar-refractivity contribution in [1.29, 1.82) is 0 Å². The molecule has 0 heterocycles. The average molecular weight is 215 g/mol. The molecule has 0 aliphatic rings. The van der Waals surface area contributed by atoms with Gasteiger partial charge in [0.2, 0.25) is 0 Å². The van der Waals surface area contributed by atoms with Crippen molar-refractivity contribution in [2.45, 2.75) is 0 Å². The Balaban J connectivity index is 0.00000196. The van der Waals surface area contributed by atoms with Gasteiger partial charge in [-0.1, -0.05) is 12.1 Å². The summed E-state index contributed by atoms with van der Waals surface area (Å²) in [5.74, 6) is -1.39. The van der Waals surface area contributed by atoms with Crippen LogP contribution in [-0.4, -0.2) is 10.9 Å². The zero-order chi connectivity index (χ0) is 10.6. The molecule has 0 amide bonds. The van der Waals surface area contributed by atoms with Crippen molar-refractivity contribution in [3.8, 4) is 0 Å². The number of para-hydroxylation sites is 1. The van der Waals surface area contributed by atoms with Gasteiger partial charge in [-0.05, 0) is 18.2 Å². The molecule has 0 radical (unpaired) electrons. The molecule has 0 aliphatic carbocycles.